The van der Waals surface area contributed by atoms with E-state index >= 15 is 0 Å². The second kappa shape index (κ2) is 8.46. The van der Waals surface area contributed by atoms with Crippen LogP contribution in [0.15, 0.2) is 84.6 Å². The van der Waals surface area contributed by atoms with Crippen molar-refractivity contribution in [3.63, 3.8) is 0 Å². The molecule has 0 aliphatic carbocycles. The van der Waals surface area contributed by atoms with E-state index in [1.165, 1.54) is 0 Å². The lowest BCUT2D eigenvalue weighted by Crippen LogP contribution is -1.97. The van der Waals surface area contributed by atoms with Crippen molar-refractivity contribution in [3.05, 3.63) is 107 Å². The Balaban J connectivity index is 2.04. The van der Waals surface area contributed by atoms with Gasteiger partial charge in [-0.15, -0.1) is 4.99 Å². The fourth-order valence-corrected chi connectivity index (χ4v) is 2.79. The second-order valence-corrected chi connectivity index (χ2v) is 5.66. The summed E-state index contributed by atoms with van der Waals surface area (Å²) in [6.07, 6.45) is 0. The van der Waals surface area contributed by atoms with Gasteiger partial charge in [-0.05, 0) is 34.4 Å². The van der Waals surface area contributed by atoms with Crippen LogP contribution in [0.5, 0.6) is 0 Å². The van der Waals surface area contributed by atoms with Crippen LogP contribution in [-0.2, 0) is 4.99 Å². The van der Waals surface area contributed by atoms with Crippen LogP contribution < -0.4 is 5.48 Å². The fraction of sp³-hybridized carbons (Fsp3) is 0. The quantitative estimate of drug-likeness (QED) is 0.280. The number of nitrogens with one attached hydrogen (secondary N) is 1. The van der Waals surface area contributed by atoms with Gasteiger partial charge in [-0.25, -0.2) is 20.8 Å². The van der Waals surface area contributed by atoms with E-state index in [0.29, 0.717) is 11.3 Å². The molecule has 3 rings (SSSR count). The van der Waals surface area contributed by atoms with Gasteiger partial charge in [-0.2, -0.15) is 0 Å². The van der Waals surface area contributed by atoms with E-state index in [0.717, 1.165) is 22.3 Å². The summed E-state index contributed by atoms with van der Waals surface area (Å²) in [5, 5.41) is 17.9. The second-order valence-electron chi connectivity index (χ2n) is 5.66. The van der Waals surface area contributed by atoms with Gasteiger partial charge in [0.2, 0.25) is 0 Å². The standard InChI is InChI=1S/C22H15N3O2/c1-24-21(15-23)22(19-11-13-20(14-12-19)25-27-26)18-9-7-17(8-10-18)16-5-3-2-4-6-16/h2-14,25-26H/b22-21-. The molecule has 2 N–H and O–H groups in total. The Morgan fingerprint density at radius 2 is 1.44 bits per heavy atom. The predicted molar refractivity (Wildman–Crippen MR) is 104 cm³/mol. The molecule has 0 atom stereocenters. The van der Waals surface area contributed by atoms with Gasteiger partial charge in [0.15, 0.2) is 0 Å². The summed E-state index contributed by atoms with van der Waals surface area (Å²) in [7, 11) is 0. The van der Waals surface area contributed by atoms with E-state index in [1.807, 2.05) is 60.7 Å². The zero-order chi connectivity index (χ0) is 19.1. The van der Waals surface area contributed by atoms with Gasteiger partial charge in [-0.1, -0.05) is 66.7 Å². The van der Waals surface area contributed by atoms with Crippen molar-refractivity contribution in [3.8, 4) is 17.2 Å². The van der Waals surface area contributed by atoms with Crippen molar-refractivity contribution in [1.29, 1.82) is 5.26 Å². The van der Waals surface area contributed by atoms with Crippen LogP contribution >= 0.6 is 0 Å². The number of anilines is 1. The minimum Gasteiger partial charge on any atom is -0.236 e. The van der Waals surface area contributed by atoms with Crippen LogP contribution in [0.2, 0.25) is 0 Å². The van der Waals surface area contributed by atoms with Crippen molar-refractivity contribution >= 4 is 11.3 Å². The molecule has 0 fully saturated rings. The molecule has 5 heteroatoms. The first-order valence-corrected chi connectivity index (χ1v) is 8.11. The van der Waals surface area contributed by atoms with E-state index < -0.39 is 0 Å². The Labute approximate surface area is 157 Å². The first-order chi connectivity index (χ1) is 13.3. The zero-order valence-electron chi connectivity index (χ0n) is 14.3. The van der Waals surface area contributed by atoms with Crippen molar-refractivity contribution in [2.24, 2.45) is 0 Å². The molecule has 0 heterocycles. The van der Waals surface area contributed by atoms with Crippen molar-refractivity contribution in [2.45, 2.75) is 0 Å². The number of benzene rings is 3. The van der Waals surface area contributed by atoms with Gasteiger partial charge < -0.3 is 0 Å². The summed E-state index contributed by atoms with van der Waals surface area (Å²) in [4.78, 5) is 7.28. The molecule has 0 radical (unpaired) electrons. The molecular formula is C22H15N3O2. The highest BCUT2D eigenvalue weighted by Crippen LogP contribution is 2.30. The van der Waals surface area contributed by atoms with E-state index in [9.17, 15) is 5.26 Å². The van der Waals surface area contributed by atoms with Crippen LogP contribution in [0.3, 0.4) is 0 Å². The number of rotatable bonds is 5. The highest BCUT2D eigenvalue weighted by molar-refractivity contribution is 5.86. The molecule has 0 unspecified atom stereocenters. The van der Waals surface area contributed by atoms with Gasteiger partial charge in [0.25, 0.3) is 5.70 Å². The molecule has 0 spiro atoms. The normalized spacial score (nSPS) is 11.1. The van der Waals surface area contributed by atoms with Crippen LogP contribution in [0.25, 0.3) is 21.5 Å². The van der Waals surface area contributed by atoms with Crippen LogP contribution in [0, 0.1) is 17.9 Å². The van der Waals surface area contributed by atoms with Crippen molar-refractivity contribution in [1.82, 2.24) is 0 Å². The van der Waals surface area contributed by atoms with Gasteiger partial charge in [0.05, 0.1) is 18.3 Å². The summed E-state index contributed by atoms with van der Waals surface area (Å²) in [6.45, 7) is 7.35. The van der Waals surface area contributed by atoms with E-state index in [2.05, 4.69) is 15.3 Å². The number of hydrogen-bond acceptors (Lipinski definition) is 4. The number of hydrogen-bond donors (Lipinski definition) is 2. The lowest BCUT2D eigenvalue weighted by atomic mass is 9.94. The molecule has 130 valence electrons. The summed E-state index contributed by atoms with van der Waals surface area (Å²) < 4.78 is 0. The monoisotopic (exact) mass is 353 g/mol. The maximum atomic E-state index is 9.40. The van der Waals surface area contributed by atoms with Gasteiger partial charge in [0.1, 0.15) is 0 Å². The average Bonchev–Trinajstić information content (AvgIpc) is 2.74. The van der Waals surface area contributed by atoms with E-state index in [1.54, 1.807) is 24.3 Å². The van der Waals surface area contributed by atoms with Crippen molar-refractivity contribution in [2.75, 3.05) is 5.48 Å². The van der Waals surface area contributed by atoms with Gasteiger partial charge in [-0.3, -0.25) is 0 Å². The van der Waals surface area contributed by atoms with Crippen LogP contribution in [0.1, 0.15) is 11.1 Å². The summed E-state index contributed by atoms with van der Waals surface area (Å²) in [6, 6.07) is 26.6. The molecule has 0 aliphatic heterocycles. The highest BCUT2D eigenvalue weighted by atomic mass is 17.2. The fourth-order valence-electron chi connectivity index (χ4n) is 2.79. The SMILES string of the molecule is [C-]#[N+]/C(C#N)=C(\c1ccc(NOO)cc1)c1ccc(-c2ccccc2)cc1. The molecule has 0 bridgehead atoms. The lowest BCUT2D eigenvalue weighted by Gasteiger charge is -2.11. The maximum absolute atomic E-state index is 9.40. The zero-order valence-corrected chi connectivity index (χ0v) is 14.3. The summed E-state index contributed by atoms with van der Waals surface area (Å²) in [5.74, 6) is 0. The molecule has 27 heavy (non-hydrogen) atoms. The topological polar surface area (TPSA) is 69.6 Å². The molecule has 3 aromatic rings. The summed E-state index contributed by atoms with van der Waals surface area (Å²) in [5.41, 5.74) is 7.08. The molecule has 0 saturated carbocycles. The number of nitrogens with zero attached hydrogens (tertiary/aromatic N) is 2. The summed E-state index contributed by atoms with van der Waals surface area (Å²) >= 11 is 0. The smallest absolute Gasteiger partial charge is 0.236 e. The Morgan fingerprint density at radius 1 is 0.889 bits per heavy atom. The third kappa shape index (κ3) is 4.02. The van der Waals surface area contributed by atoms with Crippen LogP contribution in [0.4, 0.5) is 5.69 Å². The third-order valence-corrected chi connectivity index (χ3v) is 4.07. The highest BCUT2D eigenvalue weighted by Gasteiger charge is 2.12. The Kier molecular flexibility index (Phi) is 5.61. The maximum Gasteiger partial charge on any atom is 0.270 e. The van der Waals surface area contributed by atoms with Gasteiger partial charge >= 0.3 is 0 Å². The van der Waals surface area contributed by atoms with Gasteiger partial charge in [0, 0.05) is 5.57 Å². The Morgan fingerprint density at radius 3 is 1.96 bits per heavy atom. The number of allylic oxidation sites excluding steroid dienone is 1. The lowest BCUT2D eigenvalue weighted by molar-refractivity contribution is -0.215. The molecule has 0 aromatic heterocycles. The Bertz CT molecular complexity index is 1010. The average molecular weight is 353 g/mol. The Hall–Kier alpha value is -3.90. The number of nitriles is 1. The molecule has 5 nitrogen and oxygen atoms in total. The first kappa shape index (κ1) is 17.9. The molecule has 0 amide bonds. The molecule has 3 aromatic carbocycles. The van der Waals surface area contributed by atoms with E-state index in [-0.39, 0.29) is 5.70 Å². The van der Waals surface area contributed by atoms with Crippen molar-refractivity contribution < 1.29 is 10.2 Å². The molecular weight excluding hydrogens is 338 g/mol. The van der Waals surface area contributed by atoms with E-state index in [4.69, 9.17) is 11.8 Å². The minimum absolute atomic E-state index is 0.0154. The first-order valence-electron chi connectivity index (χ1n) is 8.11. The third-order valence-electron chi connectivity index (χ3n) is 4.07. The predicted octanol–water partition coefficient (Wildman–Crippen LogP) is 5.37. The van der Waals surface area contributed by atoms with Crippen LogP contribution in [-0.4, -0.2) is 5.26 Å². The molecule has 0 saturated heterocycles. The minimum atomic E-state index is 0.0154. The molecule has 0 aliphatic rings. The largest absolute Gasteiger partial charge is 0.270 e.